The second-order valence-corrected chi connectivity index (χ2v) is 5.43. The Morgan fingerprint density at radius 3 is 2.79 bits per heavy atom. The molecule has 1 aromatic rings. The molecule has 0 saturated heterocycles. The van der Waals surface area contributed by atoms with Crippen LogP contribution in [0.2, 0.25) is 0 Å². The van der Waals surface area contributed by atoms with Gasteiger partial charge < -0.3 is 20.9 Å². The summed E-state index contributed by atoms with van der Waals surface area (Å²) in [5, 5.41) is 12.7. The van der Waals surface area contributed by atoms with Gasteiger partial charge in [-0.15, -0.1) is 0 Å². The fraction of sp³-hybridized carbons (Fsp3) is 0.462. The molecule has 0 aromatic heterocycles. The maximum absolute atomic E-state index is 12.0. The molecule has 0 aliphatic heterocycles. The first-order chi connectivity index (χ1) is 8.89. The number of aliphatic hydroxyl groups is 1. The molecule has 6 heteroatoms. The number of nitrogens with one attached hydrogen (secondary N) is 1. The monoisotopic (exact) mass is 284 g/mol. The lowest BCUT2D eigenvalue weighted by atomic mass is 10.1. The van der Waals surface area contributed by atoms with Crippen LogP contribution < -0.4 is 15.8 Å². The minimum Gasteiger partial charge on any atom is -0.497 e. The lowest BCUT2D eigenvalue weighted by Crippen LogP contribution is -2.42. The first-order valence-corrected chi connectivity index (χ1v) is 7.22. The highest BCUT2D eigenvalue weighted by atomic mass is 32.2. The molecule has 0 aliphatic rings. The summed E-state index contributed by atoms with van der Waals surface area (Å²) in [4.78, 5) is 12.0. The Morgan fingerprint density at radius 2 is 2.26 bits per heavy atom. The molecule has 0 bridgehead atoms. The smallest absolute Gasteiger partial charge is 0.253 e. The van der Waals surface area contributed by atoms with Crippen molar-refractivity contribution in [2.75, 3.05) is 31.4 Å². The molecule has 0 aliphatic carbocycles. The zero-order chi connectivity index (χ0) is 14.5. The molecule has 4 N–H and O–H groups in total. The quantitative estimate of drug-likeness (QED) is 0.682. The van der Waals surface area contributed by atoms with Crippen molar-refractivity contribution in [1.82, 2.24) is 5.32 Å². The van der Waals surface area contributed by atoms with Gasteiger partial charge in [0.25, 0.3) is 5.91 Å². The summed E-state index contributed by atoms with van der Waals surface area (Å²) in [6, 6.07) is 4.87. The highest BCUT2D eigenvalue weighted by molar-refractivity contribution is 7.98. The highest BCUT2D eigenvalue weighted by Gasteiger charge is 2.21. The molecule has 1 unspecified atom stereocenters. The lowest BCUT2D eigenvalue weighted by molar-refractivity contribution is 0.0725. The Labute approximate surface area is 117 Å². The predicted molar refractivity (Wildman–Crippen MR) is 78.7 cm³/mol. The predicted octanol–water partition coefficient (Wildman–Crippen LogP) is 1.12. The number of anilines is 1. The first kappa shape index (κ1) is 15.7. The second kappa shape index (κ2) is 6.68. The Bertz CT molecular complexity index is 450. The van der Waals surface area contributed by atoms with E-state index in [9.17, 15) is 9.90 Å². The number of rotatable bonds is 6. The van der Waals surface area contributed by atoms with Crippen molar-refractivity contribution in [1.29, 1.82) is 0 Å². The van der Waals surface area contributed by atoms with E-state index in [1.165, 1.54) is 18.9 Å². The van der Waals surface area contributed by atoms with Crippen molar-refractivity contribution < 1.29 is 14.6 Å². The number of hydrogen-bond donors (Lipinski definition) is 3. The number of methoxy groups -OCH3 is 1. The van der Waals surface area contributed by atoms with E-state index < -0.39 is 5.60 Å². The number of nitrogens with two attached hydrogens (primary N) is 1. The van der Waals surface area contributed by atoms with Gasteiger partial charge in [0.1, 0.15) is 5.75 Å². The zero-order valence-electron chi connectivity index (χ0n) is 11.4. The normalized spacial score (nSPS) is 13.7. The number of nitrogen functional groups attached to an aromatic ring is 1. The van der Waals surface area contributed by atoms with Crippen molar-refractivity contribution >= 4 is 23.4 Å². The van der Waals surface area contributed by atoms with Crippen molar-refractivity contribution in [2.45, 2.75) is 12.5 Å². The summed E-state index contributed by atoms with van der Waals surface area (Å²) in [5.74, 6) is 0.843. The van der Waals surface area contributed by atoms with Gasteiger partial charge in [0.05, 0.1) is 18.3 Å². The molecule has 0 spiro atoms. The summed E-state index contributed by atoms with van der Waals surface area (Å²) in [6.45, 7) is 1.86. The van der Waals surface area contributed by atoms with Crippen LogP contribution in [0.4, 0.5) is 5.69 Å². The van der Waals surface area contributed by atoms with Gasteiger partial charge in [-0.1, -0.05) is 0 Å². The van der Waals surface area contributed by atoms with E-state index in [-0.39, 0.29) is 12.5 Å². The molecule has 1 amide bonds. The number of benzene rings is 1. The standard InChI is InChI=1S/C13H20N2O3S/c1-13(17,8-19-3)7-15-12(16)10-5-4-9(18-2)6-11(10)14/h4-6,17H,7-8,14H2,1-3H3,(H,15,16). The van der Waals surface area contributed by atoms with Gasteiger partial charge in [-0.05, 0) is 25.3 Å². The van der Waals surface area contributed by atoms with E-state index >= 15 is 0 Å². The van der Waals surface area contributed by atoms with Crippen molar-refractivity contribution in [3.05, 3.63) is 23.8 Å². The van der Waals surface area contributed by atoms with Crippen LogP contribution in [0.15, 0.2) is 18.2 Å². The largest absolute Gasteiger partial charge is 0.497 e. The van der Waals surface area contributed by atoms with Crippen LogP contribution in [0.25, 0.3) is 0 Å². The molecule has 1 atom stereocenters. The van der Waals surface area contributed by atoms with Gasteiger partial charge in [0, 0.05) is 24.1 Å². The maximum Gasteiger partial charge on any atom is 0.253 e. The van der Waals surface area contributed by atoms with E-state index in [4.69, 9.17) is 10.5 Å². The molecule has 19 heavy (non-hydrogen) atoms. The zero-order valence-corrected chi connectivity index (χ0v) is 12.2. The average Bonchev–Trinajstić information content (AvgIpc) is 2.36. The van der Waals surface area contributed by atoms with Crippen LogP contribution in [0, 0.1) is 0 Å². The Kier molecular flexibility index (Phi) is 5.50. The van der Waals surface area contributed by atoms with Gasteiger partial charge in [0.15, 0.2) is 0 Å². The summed E-state index contributed by atoms with van der Waals surface area (Å²) in [7, 11) is 1.54. The number of ether oxygens (including phenoxy) is 1. The number of amides is 1. The van der Waals surface area contributed by atoms with Crippen LogP contribution in [-0.4, -0.2) is 42.3 Å². The third-order valence-corrected chi connectivity index (χ3v) is 3.50. The van der Waals surface area contributed by atoms with Crippen molar-refractivity contribution in [2.24, 2.45) is 0 Å². The molecule has 1 aromatic carbocycles. The minimum absolute atomic E-state index is 0.179. The summed E-state index contributed by atoms with van der Waals surface area (Å²) >= 11 is 1.52. The molecule has 0 heterocycles. The van der Waals surface area contributed by atoms with E-state index in [1.807, 2.05) is 6.26 Å². The van der Waals surface area contributed by atoms with Crippen molar-refractivity contribution in [3.63, 3.8) is 0 Å². The van der Waals surface area contributed by atoms with Gasteiger partial charge >= 0.3 is 0 Å². The summed E-state index contributed by atoms with van der Waals surface area (Å²) in [6.07, 6.45) is 1.90. The Morgan fingerprint density at radius 1 is 1.58 bits per heavy atom. The fourth-order valence-electron chi connectivity index (χ4n) is 1.60. The number of thioether (sulfide) groups is 1. The molecular weight excluding hydrogens is 264 g/mol. The minimum atomic E-state index is -0.934. The van der Waals surface area contributed by atoms with Gasteiger partial charge in [-0.25, -0.2) is 0 Å². The van der Waals surface area contributed by atoms with Crippen LogP contribution in [0.3, 0.4) is 0 Å². The summed E-state index contributed by atoms with van der Waals surface area (Å²) in [5.41, 5.74) is 5.58. The third-order valence-electron chi connectivity index (χ3n) is 2.59. The molecule has 5 nitrogen and oxygen atoms in total. The number of carbonyl (C=O) groups excluding carboxylic acids is 1. The van der Waals surface area contributed by atoms with Gasteiger partial charge in [0.2, 0.25) is 0 Å². The van der Waals surface area contributed by atoms with Gasteiger partial charge in [-0.2, -0.15) is 11.8 Å². The Balaban J connectivity index is 2.68. The second-order valence-electron chi connectivity index (χ2n) is 4.57. The highest BCUT2D eigenvalue weighted by Crippen LogP contribution is 2.19. The van der Waals surface area contributed by atoms with Crippen LogP contribution >= 0.6 is 11.8 Å². The van der Waals surface area contributed by atoms with E-state index in [2.05, 4.69) is 5.32 Å². The number of carbonyl (C=O) groups is 1. The van der Waals surface area contributed by atoms with Crippen LogP contribution in [-0.2, 0) is 0 Å². The van der Waals surface area contributed by atoms with E-state index in [1.54, 1.807) is 25.1 Å². The molecule has 1 rings (SSSR count). The fourth-order valence-corrected chi connectivity index (χ4v) is 2.33. The molecule has 0 fully saturated rings. The lowest BCUT2D eigenvalue weighted by Gasteiger charge is -2.22. The molecular formula is C13H20N2O3S. The number of hydrogen-bond acceptors (Lipinski definition) is 5. The van der Waals surface area contributed by atoms with E-state index in [0.29, 0.717) is 22.8 Å². The molecule has 0 radical (unpaired) electrons. The molecule has 0 saturated carbocycles. The topological polar surface area (TPSA) is 84.6 Å². The maximum atomic E-state index is 12.0. The van der Waals surface area contributed by atoms with Crippen LogP contribution in [0.5, 0.6) is 5.75 Å². The molecule has 106 valence electrons. The third kappa shape index (κ3) is 4.65. The van der Waals surface area contributed by atoms with E-state index in [0.717, 1.165) is 0 Å². The first-order valence-electron chi connectivity index (χ1n) is 5.82. The Hall–Kier alpha value is -1.40. The SMILES string of the molecule is COc1ccc(C(=O)NCC(C)(O)CSC)c(N)c1. The van der Waals surface area contributed by atoms with Gasteiger partial charge in [-0.3, -0.25) is 4.79 Å². The average molecular weight is 284 g/mol. The van der Waals surface area contributed by atoms with Crippen LogP contribution in [0.1, 0.15) is 17.3 Å². The van der Waals surface area contributed by atoms with Crippen molar-refractivity contribution in [3.8, 4) is 5.75 Å². The summed E-state index contributed by atoms with van der Waals surface area (Å²) < 4.78 is 5.02.